The normalized spacial score (nSPS) is 10.0. The fourth-order valence-corrected chi connectivity index (χ4v) is 3.13. The summed E-state index contributed by atoms with van der Waals surface area (Å²) in [6, 6.07) is 6.84. The summed E-state index contributed by atoms with van der Waals surface area (Å²) >= 11 is 0. The third kappa shape index (κ3) is 6.97. The summed E-state index contributed by atoms with van der Waals surface area (Å²) in [5, 5.41) is 16.7. The number of aldehydes is 1. The van der Waals surface area contributed by atoms with Gasteiger partial charge < -0.3 is 20.5 Å². The molecule has 186 valence electrons. The molecule has 0 aliphatic rings. The summed E-state index contributed by atoms with van der Waals surface area (Å²) in [4.78, 5) is 28.0. The van der Waals surface area contributed by atoms with Crippen molar-refractivity contribution in [2.45, 2.75) is 41.0 Å². The van der Waals surface area contributed by atoms with E-state index in [1.807, 2.05) is 40.8 Å². The van der Waals surface area contributed by atoms with E-state index in [2.05, 4.69) is 38.1 Å². The Balaban J connectivity index is 0.000000551. The zero-order chi connectivity index (χ0) is 25.8. The Morgan fingerprint density at radius 2 is 1.97 bits per heavy atom. The molecule has 0 spiro atoms. The highest BCUT2D eigenvalue weighted by Crippen LogP contribution is 2.27. The molecule has 4 rings (SSSR count). The van der Waals surface area contributed by atoms with Crippen LogP contribution < -0.4 is 16.0 Å². The molecule has 35 heavy (non-hydrogen) atoms. The summed E-state index contributed by atoms with van der Waals surface area (Å²) in [7, 11) is 1.96. The number of amides is 1. The maximum absolute atomic E-state index is 12.4. The number of aryl methyl sites for hydroxylation is 2. The van der Waals surface area contributed by atoms with Crippen LogP contribution in [0.15, 0.2) is 47.6 Å². The van der Waals surface area contributed by atoms with Gasteiger partial charge in [0.25, 0.3) is 5.91 Å². The number of carbonyl (C=O) groups excluding carboxylic acids is 2. The highest BCUT2D eigenvalue weighted by Gasteiger charge is 2.15. The van der Waals surface area contributed by atoms with Crippen molar-refractivity contribution in [2.24, 2.45) is 0 Å². The molecule has 4 aromatic rings. The van der Waals surface area contributed by atoms with Gasteiger partial charge in [-0.2, -0.15) is 5.10 Å². The molecular formula is C25H33N7O3. The van der Waals surface area contributed by atoms with Gasteiger partial charge in [0.05, 0.1) is 0 Å². The van der Waals surface area contributed by atoms with Crippen molar-refractivity contribution >= 4 is 35.0 Å². The molecule has 0 aliphatic carbocycles. The first kappa shape index (κ1) is 27.2. The van der Waals surface area contributed by atoms with Gasteiger partial charge in [0.2, 0.25) is 0 Å². The van der Waals surface area contributed by atoms with Crippen molar-refractivity contribution < 1.29 is 14.1 Å². The zero-order valence-electron chi connectivity index (χ0n) is 21.0. The lowest BCUT2D eigenvalue weighted by Crippen LogP contribution is -2.12. The molecule has 0 aliphatic heterocycles. The van der Waals surface area contributed by atoms with Crippen LogP contribution in [0.5, 0.6) is 0 Å². The predicted molar refractivity (Wildman–Crippen MR) is 138 cm³/mol. The molecule has 3 aromatic heterocycles. The monoisotopic (exact) mass is 479 g/mol. The fourth-order valence-electron chi connectivity index (χ4n) is 3.13. The van der Waals surface area contributed by atoms with Crippen LogP contribution in [0.4, 0.5) is 17.3 Å². The van der Waals surface area contributed by atoms with Gasteiger partial charge >= 0.3 is 0 Å². The van der Waals surface area contributed by atoms with E-state index in [-0.39, 0.29) is 5.91 Å². The van der Waals surface area contributed by atoms with E-state index in [4.69, 9.17) is 4.52 Å². The SMILES string of the molecule is CC.CCCNC.Cc1ccc(C(=O)Nc2ccon2)cc1Nc1ncnn2cc(C=O)c(C)c12. The highest BCUT2D eigenvalue weighted by atomic mass is 16.5. The van der Waals surface area contributed by atoms with E-state index in [0.29, 0.717) is 34.0 Å². The lowest BCUT2D eigenvalue weighted by atomic mass is 10.1. The van der Waals surface area contributed by atoms with Crippen LogP contribution in [-0.2, 0) is 0 Å². The highest BCUT2D eigenvalue weighted by molar-refractivity contribution is 6.04. The molecule has 0 saturated heterocycles. The Morgan fingerprint density at radius 1 is 1.20 bits per heavy atom. The summed E-state index contributed by atoms with van der Waals surface area (Å²) < 4.78 is 6.32. The quantitative estimate of drug-likeness (QED) is 0.323. The molecule has 0 saturated carbocycles. The van der Waals surface area contributed by atoms with Gasteiger partial charge in [-0.25, -0.2) is 9.50 Å². The zero-order valence-corrected chi connectivity index (χ0v) is 21.0. The molecule has 10 heteroatoms. The third-order valence-electron chi connectivity index (χ3n) is 4.93. The Hall–Kier alpha value is -4.05. The topological polar surface area (TPSA) is 126 Å². The van der Waals surface area contributed by atoms with Crippen LogP contribution in [-0.4, -0.2) is 45.5 Å². The molecule has 1 amide bonds. The Morgan fingerprint density at radius 3 is 2.57 bits per heavy atom. The van der Waals surface area contributed by atoms with Crippen molar-refractivity contribution in [1.29, 1.82) is 0 Å². The maximum Gasteiger partial charge on any atom is 0.256 e. The largest absolute Gasteiger partial charge is 0.363 e. The average Bonchev–Trinajstić information content (AvgIpc) is 3.50. The van der Waals surface area contributed by atoms with Gasteiger partial charge in [-0.05, 0) is 57.1 Å². The molecule has 0 unspecified atom stereocenters. The van der Waals surface area contributed by atoms with Crippen LogP contribution in [0, 0.1) is 13.8 Å². The van der Waals surface area contributed by atoms with E-state index in [9.17, 15) is 9.59 Å². The van der Waals surface area contributed by atoms with Gasteiger partial charge in [-0.1, -0.05) is 32.0 Å². The van der Waals surface area contributed by atoms with E-state index >= 15 is 0 Å². The van der Waals surface area contributed by atoms with Gasteiger partial charge in [-0.15, -0.1) is 0 Å². The second kappa shape index (κ2) is 13.6. The smallest absolute Gasteiger partial charge is 0.256 e. The first-order chi connectivity index (χ1) is 17.0. The third-order valence-corrected chi connectivity index (χ3v) is 4.93. The van der Waals surface area contributed by atoms with Crippen molar-refractivity contribution in [3.05, 3.63) is 65.3 Å². The molecule has 10 nitrogen and oxygen atoms in total. The number of hydrogen-bond donors (Lipinski definition) is 3. The lowest BCUT2D eigenvalue weighted by Gasteiger charge is -2.12. The number of nitrogens with zero attached hydrogens (tertiary/aromatic N) is 4. The number of fused-ring (bicyclic) bond motifs is 1. The molecule has 3 heterocycles. The van der Waals surface area contributed by atoms with Crippen LogP contribution in [0.3, 0.4) is 0 Å². The molecule has 0 radical (unpaired) electrons. The van der Waals surface area contributed by atoms with Crippen molar-refractivity contribution in [2.75, 3.05) is 24.2 Å². The molecule has 0 bridgehead atoms. The van der Waals surface area contributed by atoms with Gasteiger partial charge in [0.15, 0.2) is 17.9 Å². The fraction of sp³-hybridized carbons (Fsp3) is 0.320. The first-order valence-electron chi connectivity index (χ1n) is 11.5. The number of aromatic nitrogens is 4. The van der Waals surface area contributed by atoms with E-state index < -0.39 is 0 Å². The maximum atomic E-state index is 12.4. The number of rotatable bonds is 7. The van der Waals surface area contributed by atoms with Gasteiger partial charge in [0.1, 0.15) is 18.1 Å². The Kier molecular flexibility index (Phi) is 10.6. The molecular weight excluding hydrogens is 446 g/mol. The van der Waals surface area contributed by atoms with Gasteiger partial charge in [-0.3, -0.25) is 9.59 Å². The van der Waals surface area contributed by atoms with Crippen LogP contribution >= 0.6 is 0 Å². The number of nitrogens with one attached hydrogen (secondary N) is 3. The summed E-state index contributed by atoms with van der Waals surface area (Å²) in [6.45, 7) is 11.0. The molecule has 0 atom stereocenters. The minimum atomic E-state index is -0.313. The summed E-state index contributed by atoms with van der Waals surface area (Å²) in [5.41, 5.74) is 4.09. The van der Waals surface area contributed by atoms with Crippen LogP contribution in [0.1, 0.15) is 59.0 Å². The number of anilines is 3. The predicted octanol–water partition coefficient (Wildman–Crippen LogP) is 4.78. The summed E-state index contributed by atoms with van der Waals surface area (Å²) in [5.74, 6) is 0.562. The Bertz CT molecular complexity index is 1230. The Labute approximate surface area is 205 Å². The summed E-state index contributed by atoms with van der Waals surface area (Å²) in [6.07, 6.45) is 6.45. The van der Waals surface area contributed by atoms with Crippen LogP contribution in [0.2, 0.25) is 0 Å². The second-order valence-electron chi connectivity index (χ2n) is 7.33. The van der Waals surface area contributed by atoms with Crippen molar-refractivity contribution in [1.82, 2.24) is 25.1 Å². The molecule has 0 fully saturated rings. The molecule has 3 N–H and O–H groups in total. The van der Waals surface area contributed by atoms with E-state index in [1.165, 1.54) is 19.0 Å². The minimum absolute atomic E-state index is 0.313. The first-order valence-corrected chi connectivity index (χ1v) is 11.5. The lowest BCUT2D eigenvalue weighted by molar-refractivity contribution is 0.102. The van der Waals surface area contributed by atoms with Crippen molar-refractivity contribution in [3.8, 4) is 0 Å². The van der Waals surface area contributed by atoms with E-state index in [1.54, 1.807) is 28.9 Å². The average molecular weight is 480 g/mol. The second-order valence-corrected chi connectivity index (χ2v) is 7.33. The number of benzene rings is 1. The van der Waals surface area contributed by atoms with E-state index in [0.717, 1.165) is 24.0 Å². The minimum Gasteiger partial charge on any atom is -0.363 e. The van der Waals surface area contributed by atoms with Crippen LogP contribution in [0.25, 0.3) is 5.52 Å². The van der Waals surface area contributed by atoms with Crippen molar-refractivity contribution in [3.63, 3.8) is 0 Å². The number of hydrogen-bond acceptors (Lipinski definition) is 8. The van der Waals surface area contributed by atoms with Gasteiger partial charge in [0, 0.05) is 29.1 Å². The number of carbonyl (C=O) groups is 2. The molecule has 1 aromatic carbocycles. The standard InChI is InChI=1S/C19H16N6O3.C4H11N.C2H6/c1-11-3-4-13(19(27)23-16-5-6-28-24-16)7-15(11)22-18-17-12(2)14(9-26)8-25(17)21-10-20-18;1-3-4-5-2;1-2/h3-10H,1-2H3,(H,20,21,22)(H,23,24,27);5H,3-4H2,1-2H3;1-2H3.